The first kappa shape index (κ1) is 48.4. The molecule has 0 aromatic rings. The minimum atomic E-state index is -0.845. The van der Waals surface area contributed by atoms with Crippen LogP contribution < -0.4 is 5.32 Å². The minimum absolute atomic E-state index is 0. The first-order valence-electron chi connectivity index (χ1n) is 19.9. The fraction of sp³-hybridized carbons (Fsp3) is 0.927. The van der Waals surface area contributed by atoms with Gasteiger partial charge in [-0.1, -0.05) is 46.0 Å². The molecule has 4 rings (SSSR count). The van der Waals surface area contributed by atoms with Crippen LogP contribution in [0.15, 0.2) is 0 Å². The second-order valence-electron chi connectivity index (χ2n) is 16.8. The predicted octanol–water partition coefficient (Wildman–Crippen LogP) is 8.90. The molecule has 52 heavy (non-hydrogen) atoms. The number of carbonyl (C=O) groups excluding carboxylic acids is 3. The number of carbonyl (C=O) groups is 3. The Morgan fingerprint density at radius 1 is 0.750 bits per heavy atom. The summed E-state index contributed by atoms with van der Waals surface area (Å²) in [6.07, 6.45) is 16.3. The Bertz CT molecular complexity index is 1040. The van der Waals surface area contributed by atoms with Crippen LogP contribution in [0.3, 0.4) is 0 Å². The summed E-state index contributed by atoms with van der Waals surface area (Å²) in [7, 11) is 0. The highest BCUT2D eigenvalue weighted by molar-refractivity contribution is 5.85. The fourth-order valence-electron chi connectivity index (χ4n) is 8.46. The van der Waals surface area contributed by atoms with Gasteiger partial charge in [-0.3, -0.25) is 0 Å². The van der Waals surface area contributed by atoms with Crippen LogP contribution in [-0.2, 0) is 33.3 Å². The first-order chi connectivity index (χ1) is 23.7. The van der Waals surface area contributed by atoms with Crippen LogP contribution in [0.1, 0.15) is 153 Å². The van der Waals surface area contributed by atoms with Crippen LogP contribution in [0.25, 0.3) is 0 Å². The summed E-state index contributed by atoms with van der Waals surface area (Å²) < 4.78 is 27.9. The fourth-order valence-corrected chi connectivity index (χ4v) is 8.46. The topological polar surface area (TPSA) is 113 Å². The number of ether oxygens (including phenoxy) is 5. The van der Waals surface area contributed by atoms with E-state index in [4.69, 9.17) is 23.7 Å². The Balaban J connectivity index is 0.000000513. The number of piperidine rings is 2. The molecule has 0 aromatic carbocycles. The summed E-state index contributed by atoms with van der Waals surface area (Å²) >= 11 is 0. The highest BCUT2D eigenvalue weighted by Crippen LogP contribution is 2.47. The molecule has 0 bridgehead atoms. The van der Waals surface area contributed by atoms with Crippen LogP contribution >= 0.6 is 12.4 Å². The molecule has 10 nitrogen and oxygen atoms in total. The van der Waals surface area contributed by atoms with Gasteiger partial charge in [-0.05, 0) is 143 Å². The maximum Gasteiger partial charge on any atom is 0.410 e. The van der Waals surface area contributed by atoms with E-state index in [2.05, 4.69) is 5.32 Å². The van der Waals surface area contributed by atoms with Gasteiger partial charge in [0.15, 0.2) is 11.7 Å². The van der Waals surface area contributed by atoms with Crippen molar-refractivity contribution in [1.82, 2.24) is 10.2 Å². The normalized spacial score (nSPS) is 21.6. The van der Waals surface area contributed by atoms with Crippen molar-refractivity contribution in [2.75, 3.05) is 52.6 Å². The molecule has 0 aromatic heterocycles. The number of likely N-dealkylation sites (tertiary alicyclic amines) is 1. The molecule has 1 amide bonds. The molecule has 1 unspecified atom stereocenters. The van der Waals surface area contributed by atoms with E-state index in [9.17, 15) is 14.4 Å². The van der Waals surface area contributed by atoms with Crippen molar-refractivity contribution in [2.45, 2.75) is 170 Å². The van der Waals surface area contributed by atoms with Crippen molar-refractivity contribution in [1.29, 1.82) is 0 Å². The van der Waals surface area contributed by atoms with Crippen molar-refractivity contribution in [3.63, 3.8) is 0 Å². The van der Waals surface area contributed by atoms with Crippen LogP contribution in [0.5, 0.6) is 0 Å². The number of hydrogen-bond donors (Lipinski definition) is 1. The molecule has 1 atom stereocenters. The number of halogens is 1. The van der Waals surface area contributed by atoms with Gasteiger partial charge in [0.2, 0.25) is 0 Å². The lowest BCUT2D eigenvalue weighted by Gasteiger charge is -2.48. The second kappa shape index (κ2) is 22.7. The van der Waals surface area contributed by atoms with E-state index in [1.807, 2.05) is 46.4 Å². The number of rotatable bonds is 12. The van der Waals surface area contributed by atoms with Crippen molar-refractivity contribution in [3.8, 4) is 0 Å². The summed E-state index contributed by atoms with van der Waals surface area (Å²) in [6, 6.07) is 0. The van der Waals surface area contributed by atoms with Gasteiger partial charge in [0.1, 0.15) is 5.60 Å². The smallest absolute Gasteiger partial charge is 0.410 e. The lowest BCUT2D eigenvalue weighted by atomic mass is 9.64. The van der Waals surface area contributed by atoms with Gasteiger partial charge < -0.3 is 33.9 Å². The van der Waals surface area contributed by atoms with Crippen molar-refractivity contribution < 1.29 is 38.1 Å². The van der Waals surface area contributed by atoms with Gasteiger partial charge in [0.25, 0.3) is 0 Å². The van der Waals surface area contributed by atoms with E-state index in [-0.39, 0.29) is 48.7 Å². The lowest BCUT2D eigenvalue weighted by Crippen LogP contribution is -2.50. The maximum absolute atomic E-state index is 12.4. The highest BCUT2D eigenvalue weighted by atomic mass is 35.5. The van der Waals surface area contributed by atoms with E-state index in [1.165, 1.54) is 64.2 Å². The standard InChI is InChI=1S/C22H39NO5.C18H33NO3.CH4.ClH/c1-6-26-19(24)17(2)27-16-22(18-10-8-7-9-11-18)12-14-23(15-13-22)20(25)28-21(3,4)5;1-4-21-16(20)17(2,3)22-14-18(10-12-19-13-11-18)15-8-6-5-7-9-15;;/h17-18H,6-16H2,1-5H3;15,19H,4-14H2,1-3H3;1H4;1H. The van der Waals surface area contributed by atoms with Crippen molar-refractivity contribution in [3.05, 3.63) is 0 Å². The number of esters is 2. The van der Waals surface area contributed by atoms with E-state index in [0.717, 1.165) is 44.7 Å². The molecular weight excluding hydrogens is 684 g/mol. The average molecular weight is 762 g/mol. The number of amides is 1. The molecule has 306 valence electrons. The Kier molecular flexibility index (Phi) is 21.1. The van der Waals surface area contributed by atoms with Gasteiger partial charge in [-0.2, -0.15) is 0 Å². The van der Waals surface area contributed by atoms with Gasteiger partial charge in [-0.25, -0.2) is 14.4 Å². The van der Waals surface area contributed by atoms with E-state index < -0.39 is 17.3 Å². The molecule has 1 N–H and O–H groups in total. The Hall–Kier alpha value is -1.62. The third-order valence-corrected chi connectivity index (χ3v) is 11.7. The SMILES string of the molecule is C.CCOC(=O)C(C)(C)OCC1(C2CCCCC2)CCNCC1.CCOC(=O)C(C)OCC1(C2CCCCC2)CCN(C(=O)OC(C)(C)C)CC1.Cl. The summed E-state index contributed by atoms with van der Waals surface area (Å²) in [5, 5.41) is 3.47. The zero-order valence-electron chi connectivity index (χ0n) is 33.4. The number of nitrogens with zero attached hydrogens (tertiary/aromatic N) is 1. The molecule has 2 aliphatic carbocycles. The largest absolute Gasteiger partial charge is 0.464 e. The van der Waals surface area contributed by atoms with Crippen LogP contribution in [0, 0.1) is 22.7 Å². The van der Waals surface area contributed by atoms with Gasteiger partial charge in [0.05, 0.1) is 26.4 Å². The number of hydrogen-bond acceptors (Lipinski definition) is 9. The third-order valence-electron chi connectivity index (χ3n) is 11.7. The number of nitrogens with one attached hydrogen (secondary N) is 1. The van der Waals surface area contributed by atoms with E-state index in [1.54, 1.807) is 13.8 Å². The minimum Gasteiger partial charge on any atom is -0.464 e. The van der Waals surface area contributed by atoms with E-state index in [0.29, 0.717) is 45.4 Å². The molecule has 0 spiro atoms. The molecule has 4 fully saturated rings. The monoisotopic (exact) mass is 761 g/mol. The molecule has 11 heteroatoms. The predicted molar refractivity (Wildman–Crippen MR) is 210 cm³/mol. The van der Waals surface area contributed by atoms with Crippen LogP contribution in [0.4, 0.5) is 4.79 Å². The molecule has 0 radical (unpaired) electrons. The van der Waals surface area contributed by atoms with Crippen LogP contribution in [0.2, 0.25) is 0 Å². The Labute approximate surface area is 323 Å². The van der Waals surface area contributed by atoms with E-state index >= 15 is 0 Å². The quantitative estimate of drug-likeness (QED) is 0.154. The summed E-state index contributed by atoms with van der Waals surface area (Å²) in [6.45, 7) is 20.3. The molecule has 4 aliphatic rings. The molecule has 2 saturated carbocycles. The summed E-state index contributed by atoms with van der Waals surface area (Å²) in [5.41, 5.74) is -1.05. The van der Waals surface area contributed by atoms with Crippen molar-refractivity contribution >= 4 is 30.4 Å². The second-order valence-corrected chi connectivity index (χ2v) is 16.8. The zero-order valence-corrected chi connectivity index (χ0v) is 34.2. The van der Waals surface area contributed by atoms with Crippen LogP contribution in [-0.4, -0.2) is 92.8 Å². The average Bonchev–Trinajstić information content (AvgIpc) is 3.11. The third kappa shape index (κ3) is 14.6. The molecular formula is C41H77ClN2O8. The first-order valence-corrected chi connectivity index (χ1v) is 19.9. The van der Waals surface area contributed by atoms with Gasteiger partial charge in [0, 0.05) is 13.1 Å². The summed E-state index contributed by atoms with van der Waals surface area (Å²) in [4.78, 5) is 38.3. The summed E-state index contributed by atoms with van der Waals surface area (Å²) in [5.74, 6) is 0.799. The van der Waals surface area contributed by atoms with Gasteiger partial charge >= 0.3 is 18.0 Å². The molecule has 2 aliphatic heterocycles. The van der Waals surface area contributed by atoms with Gasteiger partial charge in [-0.15, -0.1) is 12.4 Å². The molecule has 2 saturated heterocycles. The lowest BCUT2D eigenvalue weighted by molar-refractivity contribution is -0.175. The maximum atomic E-state index is 12.4. The molecule has 2 heterocycles. The Morgan fingerprint density at radius 2 is 1.23 bits per heavy atom. The van der Waals surface area contributed by atoms with Crippen molar-refractivity contribution in [2.24, 2.45) is 22.7 Å². The highest BCUT2D eigenvalue weighted by Gasteiger charge is 2.45. The zero-order chi connectivity index (χ0) is 36.8. The Morgan fingerprint density at radius 3 is 1.69 bits per heavy atom.